The van der Waals surface area contributed by atoms with Crippen molar-refractivity contribution in [2.75, 3.05) is 7.11 Å². The fourth-order valence-electron chi connectivity index (χ4n) is 2.30. The third kappa shape index (κ3) is 2.85. The first kappa shape index (κ1) is 13.9. The Bertz CT molecular complexity index is 661. The van der Waals surface area contributed by atoms with Gasteiger partial charge < -0.3 is 13.9 Å². The number of rotatable bonds is 4. The van der Waals surface area contributed by atoms with Gasteiger partial charge in [-0.25, -0.2) is 9.59 Å². The summed E-state index contributed by atoms with van der Waals surface area (Å²) in [5.41, 5.74) is 1.26. The van der Waals surface area contributed by atoms with Crippen LogP contribution in [0, 0.1) is 0 Å². The first-order valence-corrected chi connectivity index (χ1v) is 7.45. The van der Waals surface area contributed by atoms with Gasteiger partial charge in [-0.3, -0.25) is 0 Å². The molecule has 1 aliphatic rings. The molecule has 0 radical (unpaired) electrons. The topological polar surface area (TPSA) is 65.7 Å². The quantitative estimate of drug-likeness (QED) is 0.812. The molecule has 110 valence electrons. The molecule has 1 aliphatic carbocycles. The SMILES string of the molecule is COC(=O)c1ccc(COC(=O)c2cc3c(s2)CCC3)o1. The van der Waals surface area contributed by atoms with Crippen molar-refractivity contribution in [2.24, 2.45) is 0 Å². The van der Waals surface area contributed by atoms with E-state index in [2.05, 4.69) is 4.74 Å². The van der Waals surface area contributed by atoms with E-state index in [1.54, 1.807) is 6.07 Å². The van der Waals surface area contributed by atoms with Gasteiger partial charge in [0.15, 0.2) is 0 Å². The van der Waals surface area contributed by atoms with Crippen molar-refractivity contribution in [3.05, 3.63) is 45.0 Å². The smallest absolute Gasteiger partial charge is 0.373 e. The highest BCUT2D eigenvalue weighted by atomic mass is 32.1. The second-order valence-electron chi connectivity index (χ2n) is 4.75. The van der Waals surface area contributed by atoms with Crippen LogP contribution in [0.25, 0.3) is 0 Å². The fraction of sp³-hybridized carbons (Fsp3) is 0.333. The van der Waals surface area contributed by atoms with E-state index in [4.69, 9.17) is 9.15 Å². The van der Waals surface area contributed by atoms with Crippen LogP contribution in [0.15, 0.2) is 22.6 Å². The largest absolute Gasteiger partial charge is 0.463 e. The van der Waals surface area contributed by atoms with E-state index < -0.39 is 5.97 Å². The summed E-state index contributed by atoms with van der Waals surface area (Å²) in [4.78, 5) is 25.1. The summed E-state index contributed by atoms with van der Waals surface area (Å²) in [6, 6.07) is 5.00. The maximum atomic E-state index is 12.0. The molecule has 2 aromatic rings. The summed E-state index contributed by atoms with van der Waals surface area (Å²) in [6.07, 6.45) is 3.26. The van der Waals surface area contributed by atoms with Gasteiger partial charge in [-0.15, -0.1) is 11.3 Å². The molecule has 0 aromatic carbocycles. The summed E-state index contributed by atoms with van der Waals surface area (Å²) in [5.74, 6) is -0.404. The normalized spacial score (nSPS) is 13.0. The monoisotopic (exact) mass is 306 g/mol. The van der Waals surface area contributed by atoms with Crippen LogP contribution in [0.2, 0.25) is 0 Å². The molecule has 0 unspecified atom stereocenters. The Labute approximate surface area is 125 Å². The van der Waals surface area contributed by atoms with Gasteiger partial charge in [-0.1, -0.05) is 0 Å². The molecule has 0 N–H and O–H groups in total. The maximum absolute atomic E-state index is 12.0. The van der Waals surface area contributed by atoms with Crippen molar-refractivity contribution in [1.82, 2.24) is 0 Å². The number of ether oxygens (including phenoxy) is 2. The summed E-state index contributed by atoms with van der Waals surface area (Å²) in [5, 5.41) is 0. The number of methoxy groups -OCH3 is 1. The molecule has 0 aliphatic heterocycles. The molecule has 3 rings (SSSR count). The lowest BCUT2D eigenvalue weighted by Crippen LogP contribution is -2.03. The minimum absolute atomic E-state index is 0.00159. The first-order chi connectivity index (χ1) is 10.2. The third-order valence-corrected chi connectivity index (χ3v) is 4.56. The Morgan fingerprint density at radius 2 is 2.14 bits per heavy atom. The second-order valence-corrected chi connectivity index (χ2v) is 5.88. The van der Waals surface area contributed by atoms with Gasteiger partial charge in [0.25, 0.3) is 0 Å². The molecule has 0 atom stereocenters. The molecule has 6 heteroatoms. The number of hydrogen-bond donors (Lipinski definition) is 0. The maximum Gasteiger partial charge on any atom is 0.373 e. The zero-order chi connectivity index (χ0) is 14.8. The average molecular weight is 306 g/mol. The molecule has 0 fully saturated rings. The Kier molecular flexibility index (Phi) is 3.79. The zero-order valence-electron chi connectivity index (χ0n) is 11.5. The van der Waals surface area contributed by atoms with Gasteiger partial charge in [0.2, 0.25) is 5.76 Å². The lowest BCUT2D eigenvalue weighted by molar-refractivity contribution is 0.0444. The molecule has 0 amide bonds. The lowest BCUT2D eigenvalue weighted by atomic mass is 10.2. The van der Waals surface area contributed by atoms with Crippen LogP contribution >= 0.6 is 11.3 Å². The number of carbonyl (C=O) groups excluding carboxylic acids is 2. The standard InChI is InChI=1S/C15H14O5S/c1-18-14(16)11-6-5-10(20-11)8-19-15(17)13-7-9-3-2-4-12(9)21-13/h5-7H,2-4,8H2,1H3. The Morgan fingerprint density at radius 3 is 2.90 bits per heavy atom. The van der Waals surface area contributed by atoms with Crippen LogP contribution in [0.4, 0.5) is 0 Å². The van der Waals surface area contributed by atoms with Gasteiger partial charge >= 0.3 is 11.9 Å². The molecule has 2 heterocycles. The van der Waals surface area contributed by atoms with E-state index in [-0.39, 0.29) is 18.3 Å². The van der Waals surface area contributed by atoms with E-state index in [0.29, 0.717) is 10.6 Å². The number of furan rings is 1. The van der Waals surface area contributed by atoms with Crippen molar-refractivity contribution in [1.29, 1.82) is 0 Å². The van der Waals surface area contributed by atoms with E-state index in [9.17, 15) is 9.59 Å². The van der Waals surface area contributed by atoms with Crippen LogP contribution in [0.1, 0.15) is 42.8 Å². The summed E-state index contributed by atoms with van der Waals surface area (Å²) in [6.45, 7) is -0.00159. The number of fused-ring (bicyclic) bond motifs is 1. The predicted molar refractivity (Wildman–Crippen MR) is 75.5 cm³/mol. The average Bonchev–Trinajstić information content (AvgIpc) is 3.18. The minimum atomic E-state index is -0.553. The van der Waals surface area contributed by atoms with Crippen molar-refractivity contribution in [2.45, 2.75) is 25.9 Å². The molecule has 0 saturated heterocycles. The molecular weight excluding hydrogens is 292 g/mol. The molecule has 21 heavy (non-hydrogen) atoms. The lowest BCUT2D eigenvalue weighted by Gasteiger charge is -2.00. The predicted octanol–water partition coefficient (Wildman–Crippen LogP) is 2.97. The number of thiophene rings is 1. The van der Waals surface area contributed by atoms with Gasteiger partial charge in [0, 0.05) is 4.88 Å². The van der Waals surface area contributed by atoms with E-state index in [1.165, 1.54) is 41.4 Å². The molecule has 0 spiro atoms. The van der Waals surface area contributed by atoms with Gasteiger partial charge in [-0.05, 0) is 43.0 Å². The Morgan fingerprint density at radius 1 is 1.29 bits per heavy atom. The van der Waals surface area contributed by atoms with Crippen LogP contribution < -0.4 is 0 Å². The van der Waals surface area contributed by atoms with Crippen molar-refractivity contribution >= 4 is 23.3 Å². The minimum Gasteiger partial charge on any atom is -0.463 e. The fourth-order valence-corrected chi connectivity index (χ4v) is 3.45. The number of esters is 2. The van der Waals surface area contributed by atoms with E-state index >= 15 is 0 Å². The summed E-state index contributed by atoms with van der Waals surface area (Å²) >= 11 is 1.50. The van der Waals surface area contributed by atoms with Crippen molar-refractivity contribution in [3.8, 4) is 0 Å². The van der Waals surface area contributed by atoms with E-state index in [0.717, 1.165) is 12.8 Å². The van der Waals surface area contributed by atoms with Crippen molar-refractivity contribution < 1.29 is 23.5 Å². The first-order valence-electron chi connectivity index (χ1n) is 6.63. The van der Waals surface area contributed by atoms with Crippen LogP contribution in [-0.2, 0) is 28.9 Å². The molecule has 5 nitrogen and oxygen atoms in total. The van der Waals surface area contributed by atoms with Crippen LogP contribution in [-0.4, -0.2) is 19.0 Å². The number of aryl methyl sites for hydroxylation is 2. The van der Waals surface area contributed by atoms with Crippen LogP contribution in [0.3, 0.4) is 0 Å². The highest BCUT2D eigenvalue weighted by Crippen LogP contribution is 2.31. The van der Waals surface area contributed by atoms with E-state index in [1.807, 2.05) is 6.07 Å². The Balaban J connectivity index is 1.60. The van der Waals surface area contributed by atoms with Crippen LogP contribution in [0.5, 0.6) is 0 Å². The Hall–Kier alpha value is -2.08. The third-order valence-electron chi connectivity index (χ3n) is 3.34. The molecule has 0 saturated carbocycles. The molecule has 0 bridgehead atoms. The number of carbonyl (C=O) groups is 2. The molecular formula is C15H14O5S. The zero-order valence-corrected chi connectivity index (χ0v) is 12.3. The summed E-state index contributed by atoms with van der Waals surface area (Å²) < 4.78 is 15.0. The highest BCUT2D eigenvalue weighted by Gasteiger charge is 2.20. The van der Waals surface area contributed by atoms with Gasteiger partial charge in [-0.2, -0.15) is 0 Å². The van der Waals surface area contributed by atoms with Crippen molar-refractivity contribution in [3.63, 3.8) is 0 Å². The second kappa shape index (κ2) is 5.73. The highest BCUT2D eigenvalue weighted by molar-refractivity contribution is 7.14. The molecule has 2 aromatic heterocycles. The summed E-state index contributed by atoms with van der Waals surface area (Å²) in [7, 11) is 1.28. The van der Waals surface area contributed by atoms with Gasteiger partial charge in [0.05, 0.1) is 7.11 Å². The van der Waals surface area contributed by atoms with Gasteiger partial charge in [0.1, 0.15) is 17.2 Å². The number of hydrogen-bond acceptors (Lipinski definition) is 6.